The molecule has 0 bridgehead atoms. The summed E-state index contributed by atoms with van der Waals surface area (Å²) in [4.78, 5) is 10.3. The van der Waals surface area contributed by atoms with Crippen molar-refractivity contribution in [2.24, 2.45) is 5.10 Å². The number of nitro groups is 1. The van der Waals surface area contributed by atoms with Crippen LogP contribution in [0.5, 0.6) is 5.75 Å². The first-order chi connectivity index (χ1) is 17.1. The molecule has 184 valence electrons. The highest BCUT2D eigenvalue weighted by atomic mass is 32.2. The van der Waals surface area contributed by atoms with Crippen molar-refractivity contribution in [2.45, 2.75) is 25.7 Å². The highest BCUT2D eigenvalue weighted by molar-refractivity contribution is 7.92. The SMILES string of the molecule is CC(=NNc1ccc([N+](=O)[O-])cc1S(=O)(=O)Nc1ccc(C)cc1C)c1ccc2ccccc2c1O. The number of nitrogens with one attached hydrogen (secondary N) is 2. The van der Waals surface area contributed by atoms with Crippen LogP contribution in [0.2, 0.25) is 0 Å². The molecule has 0 atom stereocenters. The molecule has 0 amide bonds. The zero-order valence-electron chi connectivity index (χ0n) is 19.8. The first kappa shape index (κ1) is 24.7. The topological polar surface area (TPSA) is 134 Å². The molecule has 0 aliphatic carbocycles. The summed E-state index contributed by atoms with van der Waals surface area (Å²) in [6.45, 7) is 5.31. The van der Waals surface area contributed by atoms with E-state index in [0.717, 1.165) is 17.0 Å². The Balaban J connectivity index is 1.72. The van der Waals surface area contributed by atoms with E-state index in [2.05, 4.69) is 15.2 Å². The maximum absolute atomic E-state index is 13.3. The number of hydrogen-bond acceptors (Lipinski definition) is 7. The Labute approximate surface area is 208 Å². The van der Waals surface area contributed by atoms with E-state index >= 15 is 0 Å². The first-order valence-corrected chi connectivity index (χ1v) is 12.4. The number of hydrogen-bond donors (Lipinski definition) is 3. The lowest BCUT2D eigenvalue weighted by molar-refractivity contribution is -0.385. The van der Waals surface area contributed by atoms with E-state index in [1.165, 1.54) is 12.1 Å². The predicted molar refractivity (Wildman–Crippen MR) is 141 cm³/mol. The van der Waals surface area contributed by atoms with Crippen molar-refractivity contribution in [1.82, 2.24) is 0 Å². The van der Waals surface area contributed by atoms with Crippen molar-refractivity contribution in [3.63, 3.8) is 0 Å². The number of phenolic OH excluding ortho intramolecular Hbond substituents is 1. The fourth-order valence-electron chi connectivity index (χ4n) is 3.82. The van der Waals surface area contributed by atoms with Crippen molar-refractivity contribution in [3.8, 4) is 5.75 Å². The van der Waals surface area contributed by atoms with E-state index in [9.17, 15) is 23.6 Å². The number of sulfonamides is 1. The second-order valence-corrected chi connectivity index (χ2v) is 10.0. The Morgan fingerprint density at radius 3 is 2.42 bits per heavy atom. The Hall–Kier alpha value is -4.44. The van der Waals surface area contributed by atoms with Crippen LogP contribution >= 0.6 is 0 Å². The average Bonchev–Trinajstić information content (AvgIpc) is 2.84. The van der Waals surface area contributed by atoms with Crippen LogP contribution in [0.3, 0.4) is 0 Å². The van der Waals surface area contributed by atoms with Crippen molar-refractivity contribution >= 4 is 43.6 Å². The van der Waals surface area contributed by atoms with Gasteiger partial charge in [-0.15, -0.1) is 0 Å². The molecule has 0 saturated carbocycles. The maximum atomic E-state index is 13.3. The lowest BCUT2D eigenvalue weighted by atomic mass is 10.0. The Morgan fingerprint density at radius 2 is 1.69 bits per heavy atom. The standard InChI is InChI=1S/C26H24N4O5S/c1-16-8-12-23(17(2)14-16)29-36(34,35)25-15-20(30(32)33)10-13-24(25)28-27-18(3)21-11-9-19-6-4-5-7-22(19)26(21)31/h4-15,28-29,31H,1-3H3. The molecule has 10 heteroatoms. The van der Waals surface area contributed by atoms with Gasteiger partial charge in [-0.3, -0.25) is 20.3 Å². The average molecular weight is 505 g/mol. The Bertz CT molecular complexity index is 1630. The molecule has 4 rings (SSSR count). The fourth-order valence-corrected chi connectivity index (χ4v) is 5.13. The Morgan fingerprint density at radius 1 is 0.972 bits per heavy atom. The van der Waals surface area contributed by atoms with Gasteiger partial charge in [0.05, 0.1) is 22.0 Å². The van der Waals surface area contributed by atoms with Crippen molar-refractivity contribution in [3.05, 3.63) is 99.6 Å². The van der Waals surface area contributed by atoms with Gasteiger partial charge in [0, 0.05) is 23.1 Å². The van der Waals surface area contributed by atoms with Crippen LogP contribution in [0.4, 0.5) is 17.1 Å². The van der Waals surface area contributed by atoms with E-state index in [1.54, 1.807) is 38.1 Å². The number of phenols is 1. The number of fused-ring (bicyclic) bond motifs is 1. The second kappa shape index (κ2) is 9.67. The molecule has 0 aromatic heterocycles. The molecule has 36 heavy (non-hydrogen) atoms. The van der Waals surface area contributed by atoms with Crippen molar-refractivity contribution < 1.29 is 18.4 Å². The summed E-state index contributed by atoms with van der Waals surface area (Å²) in [5.74, 6) is 0.0456. The minimum atomic E-state index is -4.22. The van der Waals surface area contributed by atoms with Gasteiger partial charge in [-0.1, -0.05) is 48.0 Å². The second-order valence-electron chi connectivity index (χ2n) is 8.35. The highest BCUT2D eigenvalue weighted by Crippen LogP contribution is 2.31. The van der Waals surface area contributed by atoms with E-state index in [-0.39, 0.29) is 22.0 Å². The summed E-state index contributed by atoms with van der Waals surface area (Å²) >= 11 is 0. The molecule has 0 heterocycles. The van der Waals surface area contributed by atoms with Gasteiger partial charge < -0.3 is 5.11 Å². The van der Waals surface area contributed by atoms with Gasteiger partial charge in [-0.05, 0) is 49.9 Å². The van der Waals surface area contributed by atoms with Crippen LogP contribution in [0.1, 0.15) is 23.6 Å². The molecule has 0 fully saturated rings. The maximum Gasteiger partial charge on any atom is 0.270 e. The van der Waals surface area contributed by atoms with Gasteiger partial charge in [0.2, 0.25) is 0 Å². The Kier molecular flexibility index (Phi) is 6.63. The van der Waals surface area contributed by atoms with Crippen molar-refractivity contribution in [2.75, 3.05) is 10.1 Å². The number of aromatic hydroxyl groups is 1. The fraction of sp³-hybridized carbons (Fsp3) is 0.115. The van der Waals surface area contributed by atoms with Gasteiger partial charge in [0.25, 0.3) is 15.7 Å². The summed E-state index contributed by atoms with van der Waals surface area (Å²) in [6, 6.07) is 19.6. The quantitative estimate of drug-likeness (QED) is 0.168. The van der Waals surface area contributed by atoms with Crippen LogP contribution < -0.4 is 10.1 Å². The third kappa shape index (κ3) is 4.98. The number of nitro benzene ring substituents is 1. The molecule has 0 aliphatic heterocycles. The molecule has 4 aromatic rings. The molecular weight excluding hydrogens is 480 g/mol. The molecule has 0 aliphatic rings. The highest BCUT2D eigenvalue weighted by Gasteiger charge is 2.23. The van der Waals surface area contributed by atoms with E-state index in [4.69, 9.17) is 0 Å². The van der Waals surface area contributed by atoms with Crippen LogP contribution in [-0.4, -0.2) is 24.2 Å². The van der Waals surface area contributed by atoms with Gasteiger partial charge in [-0.25, -0.2) is 8.42 Å². The van der Waals surface area contributed by atoms with Gasteiger partial charge in [0.15, 0.2) is 0 Å². The summed E-state index contributed by atoms with van der Waals surface area (Å²) in [5.41, 5.74) is 5.25. The molecule has 4 aromatic carbocycles. The molecule has 0 unspecified atom stereocenters. The zero-order valence-corrected chi connectivity index (χ0v) is 20.6. The molecule has 0 spiro atoms. The number of hydrazone groups is 1. The lowest BCUT2D eigenvalue weighted by Gasteiger charge is -2.14. The number of aryl methyl sites for hydroxylation is 2. The third-order valence-corrected chi connectivity index (χ3v) is 7.13. The first-order valence-electron chi connectivity index (χ1n) is 11.0. The van der Waals surface area contributed by atoms with Gasteiger partial charge >= 0.3 is 0 Å². The third-order valence-electron chi connectivity index (χ3n) is 5.73. The smallest absolute Gasteiger partial charge is 0.270 e. The number of benzene rings is 4. The van der Waals surface area contributed by atoms with E-state index in [0.29, 0.717) is 27.9 Å². The molecule has 3 N–H and O–H groups in total. The molecule has 0 saturated heterocycles. The molecule has 9 nitrogen and oxygen atoms in total. The predicted octanol–water partition coefficient (Wildman–Crippen LogP) is 5.71. The van der Waals surface area contributed by atoms with Crippen molar-refractivity contribution in [1.29, 1.82) is 0 Å². The molecular formula is C26H24N4O5S. The van der Waals surface area contributed by atoms with E-state index in [1.807, 2.05) is 37.3 Å². The van der Waals surface area contributed by atoms with Crippen LogP contribution in [0.15, 0.2) is 82.8 Å². The van der Waals surface area contributed by atoms with Gasteiger partial charge in [0.1, 0.15) is 10.6 Å². The molecule has 0 radical (unpaired) electrons. The summed E-state index contributed by atoms with van der Waals surface area (Å²) in [7, 11) is -4.22. The number of non-ortho nitro benzene ring substituents is 1. The summed E-state index contributed by atoms with van der Waals surface area (Å²) in [5, 5.41) is 27.8. The normalized spacial score (nSPS) is 11.9. The largest absolute Gasteiger partial charge is 0.507 e. The number of anilines is 2. The number of rotatable bonds is 7. The summed E-state index contributed by atoms with van der Waals surface area (Å²) in [6.07, 6.45) is 0. The summed E-state index contributed by atoms with van der Waals surface area (Å²) < 4.78 is 29.1. The minimum absolute atomic E-state index is 0.0393. The van der Waals surface area contributed by atoms with E-state index < -0.39 is 14.9 Å². The van der Waals surface area contributed by atoms with Crippen LogP contribution in [0.25, 0.3) is 10.8 Å². The lowest BCUT2D eigenvalue weighted by Crippen LogP contribution is -2.16. The van der Waals surface area contributed by atoms with Crippen LogP contribution in [0, 0.1) is 24.0 Å². The van der Waals surface area contributed by atoms with Gasteiger partial charge in [-0.2, -0.15) is 5.10 Å². The van der Waals surface area contributed by atoms with Crippen LogP contribution in [-0.2, 0) is 10.0 Å². The minimum Gasteiger partial charge on any atom is -0.507 e. The number of nitrogens with zero attached hydrogens (tertiary/aromatic N) is 2. The zero-order chi connectivity index (χ0) is 26.0. The monoisotopic (exact) mass is 504 g/mol.